The Kier molecular flexibility index (Phi) is 5.99. The zero-order chi connectivity index (χ0) is 14.4. The second-order valence-corrected chi connectivity index (χ2v) is 6.03. The predicted octanol–water partition coefficient (Wildman–Crippen LogP) is 3.12. The average Bonchev–Trinajstić information content (AvgIpc) is 2.70. The largest absolute Gasteiger partial charge is 0.330 e. The van der Waals surface area contributed by atoms with E-state index in [0.717, 1.165) is 25.3 Å². The summed E-state index contributed by atoms with van der Waals surface area (Å²) in [6.45, 7) is 7.18. The Morgan fingerprint density at radius 1 is 1.25 bits per heavy atom. The lowest BCUT2D eigenvalue weighted by Crippen LogP contribution is -2.42. The summed E-state index contributed by atoms with van der Waals surface area (Å²) >= 11 is 0. The molecule has 2 rings (SSSR count). The van der Waals surface area contributed by atoms with Gasteiger partial charge in [-0.25, -0.2) is 0 Å². The van der Waals surface area contributed by atoms with Gasteiger partial charge in [0.15, 0.2) is 0 Å². The normalized spacial score (nSPS) is 23.8. The number of nitrogens with zero attached hydrogens (tertiary/aromatic N) is 2. The number of hydrogen-bond donors (Lipinski definition) is 1. The number of rotatable bonds is 5. The van der Waals surface area contributed by atoms with E-state index in [4.69, 9.17) is 5.73 Å². The van der Waals surface area contributed by atoms with Crippen molar-refractivity contribution in [2.24, 2.45) is 11.7 Å². The van der Waals surface area contributed by atoms with Crippen molar-refractivity contribution in [3.63, 3.8) is 0 Å². The molecule has 0 aliphatic heterocycles. The fourth-order valence-electron chi connectivity index (χ4n) is 3.48. The first-order valence-electron chi connectivity index (χ1n) is 8.11. The summed E-state index contributed by atoms with van der Waals surface area (Å²) in [5, 5.41) is 0. The first-order valence-corrected chi connectivity index (χ1v) is 8.11. The van der Waals surface area contributed by atoms with E-state index < -0.39 is 0 Å². The van der Waals surface area contributed by atoms with Gasteiger partial charge in [-0.3, -0.25) is 9.88 Å². The Balaban J connectivity index is 2.09. The van der Waals surface area contributed by atoms with E-state index in [2.05, 4.69) is 41.9 Å². The Labute approximate surface area is 123 Å². The molecule has 2 atom stereocenters. The monoisotopic (exact) mass is 275 g/mol. The fourth-order valence-corrected chi connectivity index (χ4v) is 3.48. The molecule has 2 unspecified atom stereocenters. The van der Waals surface area contributed by atoms with Crippen LogP contribution >= 0.6 is 0 Å². The first kappa shape index (κ1) is 15.5. The average molecular weight is 275 g/mol. The molecule has 1 saturated carbocycles. The molecule has 1 aliphatic rings. The summed E-state index contributed by atoms with van der Waals surface area (Å²) in [4.78, 5) is 7.25. The minimum Gasteiger partial charge on any atom is -0.330 e. The van der Waals surface area contributed by atoms with Crippen molar-refractivity contribution in [3.05, 3.63) is 29.6 Å². The first-order chi connectivity index (χ1) is 9.74. The zero-order valence-corrected chi connectivity index (χ0v) is 13.0. The van der Waals surface area contributed by atoms with E-state index in [-0.39, 0.29) is 0 Å². The summed E-state index contributed by atoms with van der Waals surface area (Å²) in [7, 11) is 0. The lowest BCUT2D eigenvalue weighted by molar-refractivity contribution is 0.133. The van der Waals surface area contributed by atoms with Crippen LogP contribution in [-0.4, -0.2) is 29.0 Å². The van der Waals surface area contributed by atoms with Crippen LogP contribution in [0, 0.1) is 12.8 Å². The lowest BCUT2D eigenvalue weighted by atomic mass is 9.93. The van der Waals surface area contributed by atoms with Gasteiger partial charge in [-0.05, 0) is 50.9 Å². The molecular weight excluding hydrogens is 246 g/mol. The molecule has 0 amide bonds. The van der Waals surface area contributed by atoms with Crippen LogP contribution in [0.2, 0.25) is 0 Å². The molecule has 1 aliphatic carbocycles. The number of pyridine rings is 1. The second kappa shape index (κ2) is 7.75. The van der Waals surface area contributed by atoms with E-state index in [1.54, 1.807) is 0 Å². The van der Waals surface area contributed by atoms with Crippen molar-refractivity contribution in [3.8, 4) is 0 Å². The maximum Gasteiger partial charge on any atom is 0.0547 e. The highest BCUT2D eigenvalue weighted by Gasteiger charge is 2.27. The molecule has 2 N–H and O–H groups in total. The predicted molar refractivity (Wildman–Crippen MR) is 84.5 cm³/mol. The molecule has 3 heteroatoms. The minimum absolute atomic E-state index is 0.634. The highest BCUT2D eigenvalue weighted by molar-refractivity contribution is 5.10. The van der Waals surface area contributed by atoms with Crippen molar-refractivity contribution < 1.29 is 0 Å². The van der Waals surface area contributed by atoms with Crippen molar-refractivity contribution in [2.45, 2.75) is 58.5 Å². The maximum atomic E-state index is 6.03. The third kappa shape index (κ3) is 4.03. The van der Waals surface area contributed by atoms with E-state index in [1.807, 2.05) is 0 Å². The van der Waals surface area contributed by atoms with Crippen molar-refractivity contribution in [2.75, 3.05) is 13.1 Å². The van der Waals surface area contributed by atoms with E-state index in [9.17, 15) is 0 Å². The molecule has 0 saturated heterocycles. The van der Waals surface area contributed by atoms with Gasteiger partial charge in [0.2, 0.25) is 0 Å². The Morgan fingerprint density at radius 3 is 2.75 bits per heavy atom. The topological polar surface area (TPSA) is 42.2 Å². The van der Waals surface area contributed by atoms with Crippen LogP contribution in [0.1, 0.15) is 50.4 Å². The molecule has 1 fully saturated rings. The molecule has 0 aromatic carbocycles. The third-order valence-electron chi connectivity index (χ3n) is 4.61. The molecular formula is C17H29N3. The van der Waals surface area contributed by atoms with E-state index >= 15 is 0 Å². The summed E-state index contributed by atoms with van der Waals surface area (Å²) in [5.74, 6) is 0.655. The number of aromatic nitrogens is 1. The summed E-state index contributed by atoms with van der Waals surface area (Å²) in [6, 6.07) is 6.95. The van der Waals surface area contributed by atoms with E-state index in [1.165, 1.54) is 37.8 Å². The van der Waals surface area contributed by atoms with Gasteiger partial charge in [0, 0.05) is 18.3 Å². The molecule has 1 aromatic heterocycles. The van der Waals surface area contributed by atoms with E-state index in [0.29, 0.717) is 12.0 Å². The molecule has 3 nitrogen and oxygen atoms in total. The number of nitrogens with two attached hydrogens (primary N) is 1. The van der Waals surface area contributed by atoms with Gasteiger partial charge >= 0.3 is 0 Å². The van der Waals surface area contributed by atoms with Gasteiger partial charge < -0.3 is 5.73 Å². The van der Waals surface area contributed by atoms with Gasteiger partial charge in [-0.2, -0.15) is 0 Å². The van der Waals surface area contributed by atoms with Crippen LogP contribution < -0.4 is 5.73 Å². The number of hydrogen-bond acceptors (Lipinski definition) is 3. The van der Waals surface area contributed by atoms with Crippen LogP contribution in [0.3, 0.4) is 0 Å². The Morgan fingerprint density at radius 2 is 2.05 bits per heavy atom. The van der Waals surface area contributed by atoms with Gasteiger partial charge in [0.05, 0.1) is 5.69 Å². The van der Waals surface area contributed by atoms with Crippen molar-refractivity contribution >= 4 is 0 Å². The molecule has 1 aromatic rings. The SMILES string of the molecule is CCN(Cc1cccc(C)n1)C1CCCCCC1CN. The van der Waals surface area contributed by atoms with Gasteiger partial charge in [0.1, 0.15) is 0 Å². The summed E-state index contributed by atoms with van der Waals surface area (Å²) < 4.78 is 0. The maximum absolute atomic E-state index is 6.03. The van der Waals surface area contributed by atoms with Crippen molar-refractivity contribution in [1.82, 2.24) is 9.88 Å². The molecule has 0 spiro atoms. The fraction of sp³-hybridized carbons (Fsp3) is 0.706. The Bertz CT molecular complexity index is 405. The lowest BCUT2D eigenvalue weighted by Gasteiger charge is -2.35. The summed E-state index contributed by atoms with van der Waals surface area (Å²) in [6.07, 6.45) is 6.64. The summed E-state index contributed by atoms with van der Waals surface area (Å²) in [5.41, 5.74) is 8.32. The zero-order valence-electron chi connectivity index (χ0n) is 13.0. The van der Waals surface area contributed by atoms with Crippen LogP contribution in [-0.2, 0) is 6.54 Å². The standard InChI is InChI=1S/C17H29N3/c1-3-20(13-16-10-7-8-14(2)19-16)17-11-6-4-5-9-15(17)12-18/h7-8,10,15,17H,3-6,9,11-13,18H2,1-2H3. The van der Waals surface area contributed by atoms with Gasteiger partial charge in [-0.1, -0.05) is 32.3 Å². The molecule has 20 heavy (non-hydrogen) atoms. The highest BCUT2D eigenvalue weighted by atomic mass is 15.2. The molecule has 0 radical (unpaired) electrons. The van der Waals surface area contributed by atoms with Gasteiger partial charge in [-0.15, -0.1) is 0 Å². The van der Waals surface area contributed by atoms with Gasteiger partial charge in [0.25, 0.3) is 0 Å². The third-order valence-corrected chi connectivity index (χ3v) is 4.61. The highest BCUT2D eigenvalue weighted by Crippen LogP contribution is 2.27. The number of aryl methyl sites for hydroxylation is 1. The molecule has 1 heterocycles. The van der Waals surface area contributed by atoms with Crippen molar-refractivity contribution in [1.29, 1.82) is 0 Å². The quantitative estimate of drug-likeness (QED) is 0.840. The van der Waals surface area contributed by atoms with Crippen LogP contribution in [0.5, 0.6) is 0 Å². The Hall–Kier alpha value is -0.930. The molecule has 0 bridgehead atoms. The second-order valence-electron chi connectivity index (χ2n) is 6.03. The van der Waals surface area contributed by atoms with Crippen LogP contribution in [0.15, 0.2) is 18.2 Å². The minimum atomic E-state index is 0.634. The molecule has 112 valence electrons. The smallest absolute Gasteiger partial charge is 0.0547 e. The van der Waals surface area contributed by atoms with Crippen LogP contribution in [0.25, 0.3) is 0 Å². The van der Waals surface area contributed by atoms with Crippen LogP contribution in [0.4, 0.5) is 0 Å².